The van der Waals surface area contributed by atoms with Gasteiger partial charge in [-0.3, -0.25) is 4.98 Å². The lowest BCUT2D eigenvalue weighted by molar-refractivity contribution is 0.818. The van der Waals surface area contributed by atoms with Crippen molar-refractivity contribution in [3.05, 3.63) is 40.8 Å². The van der Waals surface area contributed by atoms with E-state index >= 15 is 0 Å². The van der Waals surface area contributed by atoms with Crippen LogP contribution in [0.25, 0.3) is 0 Å². The summed E-state index contributed by atoms with van der Waals surface area (Å²) in [4.78, 5) is 5.45. The number of hydrogen-bond donors (Lipinski definition) is 2. The number of thiophene rings is 1. The summed E-state index contributed by atoms with van der Waals surface area (Å²) in [7, 11) is 0. The van der Waals surface area contributed by atoms with Gasteiger partial charge in [-0.05, 0) is 17.5 Å². The average Bonchev–Trinajstić information content (AvgIpc) is 2.82. The highest BCUT2D eigenvalue weighted by atomic mass is 32.1. The van der Waals surface area contributed by atoms with Gasteiger partial charge >= 0.3 is 0 Å². The van der Waals surface area contributed by atoms with Crippen molar-refractivity contribution in [3.63, 3.8) is 0 Å². The van der Waals surface area contributed by atoms with Crippen LogP contribution >= 0.6 is 11.3 Å². The van der Waals surface area contributed by atoms with E-state index in [9.17, 15) is 0 Å². The topological polar surface area (TPSA) is 37.0 Å². The van der Waals surface area contributed by atoms with E-state index in [-0.39, 0.29) is 0 Å². The van der Waals surface area contributed by atoms with Gasteiger partial charge < -0.3 is 10.6 Å². The molecule has 0 amide bonds. The third-order valence-corrected chi connectivity index (χ3v) is 3.52. The predicted octanol–water partition coefficient (Wildman–Crippen LogP) is 2.72. The molecule has 0 radical (unpaired) electrons. The molecular weight excluding hydrogens is 206 g/mol. The Labute approximate surface area is 92.2 Å². The molecule has 0 spiro atoms. The number of fused-ring (bicyclic) bond motifs is 1. The molecule has 0 fully saturated rings. The van der Waals surface area contributed by atoms with Crippen molar-refractivity contribution in [3.8, 4) is 0 Å². The summed E-state index contributed by atoms with van der Waals surface area (Å²) < 4.78 is 0. The van der Waals surface area contributed by atoms with Crippen LogP contribution < -0.4 is 10.6 Å². The van der Waals surface area contributed by atoms with Crippen LogP contribution in [0.2, 0.25) is 0 Å². The molecule has 2 aromatic rings. The van der Waals surface area contributed by atoms with Crippen molar-refractivity contribution in [2.45, 2.75) is 6.04 Å². The molecule has 0 bridgehead atoms. The molecule has 15 heavy (non-hydrogen) atoms. The lowest BCUT2D eigenvalue weighted by Gasteiger charge is -2.27. The standard InChI is InChI=1S/C11H11N3S/c1-2-11(15-5-1)10-7-13-9-6-12-4-3-8(9)14-10/h1-6,10,13-14H,7H2. The molecular formula is C11H11N3S. The third-order valence-electron chi connectivity index (χ3n) is 2.53. The predicted molar refractivity (Wildman–Crippen MR) is 63.4 cm³/mol. The van der Waals surface area contributed by atoms with Gasteiger partial charge in [0.2, 0.25) is 0 Å². The molecule has 0 aliphatic carbocycles. The Bertz CT molecular complexity index is 453. The van der Waals surface area contributed by atoms with Gasteiger partial charge in [0.05, 0.1) is 23.6 Å². The second-order valence-corrected chi connectivity index (χ2v) is 4.49. The second kappa shape index (κ2) is 3.55. The lowest BCUT2D eigenvalue weighted by atomic mass is 10.1. The van der Waals surface area contributed by atoms with E-state index in [1.807, 2.05) is 18.5 Å². The van der Waals surface area contributed by atoms with Gasteiger partial charge in [0.1, 0.15) is 0 Å². The zero-order valence-electron chi connectivity index (χ0n) is 8.10. The number of nitrogens with one attached hydrogen (secondary N) is 2. The minimum atomic E-state index is 0.375. The Balaban J connectivity index is 1.89. The van der Waals surface area contributed by atoms with Crippen molar-refractivity contribution in [1.29, 1.82) is 0 Å². The highest BCUT2D eigenvalue weighted by Crippen LogP contribution is 2.31. The Morgan fingerprint density at radius 3 is 3.20 bits per heavy atom. The Hall–Kier alpha value is -1.55. The summed E-state index contributed by atoms with van der Waals surface area (Å²) in [6.45, 7) is 0.916. The Kier molecular flexibility index (Phi) is 2.07. The number of anilines is 2. The van der Waals surface area contributed by atoms with Crippen LogP contribution in [0, 0.1) is 0 Å². The molecule has 2 aromatic heterocycles. The minimum absolute atomic E-state index is 0.375. The monoisotopic (exact) mass is 217 g/mol. The fourth-order valence-corrected chi connectivity index (χ4v) is 2.55. The van der Waals surface area contributed by atoms with Gasteiger partial charge in [0, 0.05) is 17.6 Å². The molecule has 1 aliphatic rings. The molecule has 76 valence electrons. The van der Waals surface area contributed by atoms with E-state index in [0.29, 0.717) is 6.04 Å². The van der Waals surface area contributed by atoms with E-state index in [0.717, 1.165) is 17.9 Å². The highest BCUT2D eigenvalue weighted by molar-refractivity contribution is 7.10. The van der Waals surface area contributed by atoms with Crippen LogP contribution in [0.15, 0.2) is 36.0 Å². The van der Waals surface area contributed by atoms with Crippen LogP contribution in [-0.4, -0.2) is 11.5 Å². The average molecular weight is 217 g/mol. The van der Waals surface area contributed by atoms with Crippen LogP contribution in [-0.2, 0) is 0 Å². The van der Waals surface area contributed by atoms with Crippen LogP contribution in [0.4, 0.5) is 11.4 Å². The summed E-state index contributed by atoms with van der Waals surface area (Å²) >= 11 is 1.79. The summed E-state index contributed by atoms with van der Waals surface area (Å²) in [5.74, 6) is 0. The normalized spacial score (nSPS) is 18.8. The van der Waals surface area contributed by atoms with Crippen LogP contribution in [0.1, 0.15) is 10.9 Å². The van der Waals surface area contributed by atoms with Crippen molar-refractivity contribution in [1.82, 2.24) is 4.98 Å². The zero-order chi connectivity index (χ0) is 10.1. The maximum absolute atomic E-state index is 4.09. The number of hydrogen-bond acceptors (Lipinski definition) is 4. The van der Waals surface area contributed by atoms with Gasteiger partial charge in [0.15, 0.2) is 0 Å². The van der Waals surface area contributed by atoms with E-state index in [4.69, 9.17) is 0 Å². The smallest absolute Gasteiger partial charge is 0.0779 e. The SMILES string of the molecule is c1csc(C2CNc3cnccc3N2)c1. The number of rotatable bonds is 1. The highest BCUT2D eigenvalue weighted by Gasteiger charge is 2.18. The maximum Gasteiger partial charge on any atom is 0.0779 e. The van der Waals surface area contributed by atoms with E-state index < -0.39 is 0 Å². The van der Waals surface area contributed by atoms with Gasteiger partial charge in [-0.2, -0.15) is 0 Å². The molecule has 1 atom stereocenters. The molecule has 3 rings (SSSR count). The quantitative estimate of drug-likeness (QED) is 0.771. The first kappa shape index (κ1) is 8.73. The molecule has 1 unspecified atom stereocenters. The minimum Gasteiger partial charge on any atom is -0.380 e. The van der Waals surface area contributed by atoms with Crippen molar-refractivity contribution < 1.29 is 0 Å². The first-order valence-electron chi connectivity index (χ1n) is 4.91. The van der Waals surface area contributed by atoms with Gasteiger partial charge in [-0.25, -0.2) is 0 Å². The molecule has 1 aliphatic heterocycles. The van der Waals surface area contributed by atoms with E-state index in [2.05, 4.69) is 33.1 Å². The molecule has 0 aromatic carbocycles. The number of pyridine rings is 1. The van der Waals surface area contributed by atoms with Crippen molar-refractivity contribution in [2.24, 2.45) is 0 Å². The lowest BCUT2D eigenvalue weighted by Crippen LogP contribution is -2.25. The summed E-state index contributed by atoms with van der Waals surface area (Å²) in [5, 5.41) is 9.00. The van der Waals surface area contributed by atoms with Crippen molar-refractivity contribution >= 4 is 22.7 Å². The molecule has 0 saturated heterocycles. The van der Waals surface area contributed by atoms with Gasteiger partial charge in [-0.15, -0.1) is 11.3 Å². The summed E-state index contributed by atoms with van der Waals surface area (Å²) in [5.41, 5.74) is 2.22. The van der Waals surface area contributed by atoms with Gasteiger partial charge in [0.25, 0.3) is 0 Å². The zero-order valence-corrected chi connectivity index (χ0v) is 8.92. The molecule has 0 saturated carbocycles. The van der Waals surface area contributed by atoms with Gasteiger partial charge in [-0.1, -0.05) is 6.07 Å². The van der Waals surface area contributed by atoms with E-state index in [1.165, 1.54) is 4.88 Å². The fraction of sp³-hybridized carbons (Fsp3) is 0.182. The third kappa shape index (κ3) is 1.57. The first-order valence-corrected chi connectivity index (χ1v) is 5.79. The fourth-order valence-electron chi connectivity index (χ4n) is 1.77. The number of nitrogens with zero attached hydrogens (tertiary/aromatic N) is 1. The molecule has 2 N–H and O–H groups in total. The summed E-state index contributed by atoms with van der Waals surface area (Å²) in [6, 6.07) is 6.63. The molecule has 3 heterocycles. The first-order chi connectivity index (χ1) is 7.43. The van der Waals surface area contributed by atoms with E-state index in [1.54, 1.807) is 11.3 Å². The Morgan fingerprint density at radius 2 is 2.33 bits per heavy atom. The van der Waals surface area contributed by atoms with Crippen LogP contribution in [0.3, 0.4) is 0 Å². The van der Waals surface area contributed by atoms with Crippen molar-refractivity contribution in [2.75, 3.05) is 17.2 Å². The molecule has 3 nitrogen and oxygen atoms in total. The Morgan fingerprint density at radius 1 is 1.33 bits per heavy atom. The maximum atomic E-state index is 4.09. The molecule has 4 heteroatoms. The summed E-state index contributed by atoms with van der Waals surface area (Å²) in [6.07, 6.45) is 3.66. The largest absolute Gasteiger partial charge is 0.380 e. The van der Waals surface area contributed by atoms with Crippen LogP contribution in [0.5, 0.6) is 0 Å². The number of aromatic nitrogens is 1. The second-order valence-electron chi connectivity index (χ2n) is 3.51.